The summed E-state index contributed by atoms with van der Waals surface area (Å²) in [5.41, 5.74) is 1.36. The zero-order valence-corrected chi connectivity index (χ0v) is 11.2. The SMILES string of the molecule is OCCC1(CNCc2cccc(Cl)c2Cl)CC1. The van der Waals surface area contributed by atoms with Crippen LogP contribution in [0.25, 0.3) is 0 Å². The Morgan fingerprint density at radius 2 is 2.06 bits per heavy atom. The van der Waals surface area contributed by atoms with Crippen LogP contribution in [0.5, 0.6) is 0 Å². The van der Waals surface area contributed by atoms with Gasteiger partial charge in [0.15, 0.2) is 0 Å². The molecule has 0 spiro atoms. The van der Waals surface area contributed by atoms with E-state index < -0.39 is 0 Å². The van der Waals surface area contributed by atoms with Crippen molar-refractivity contribution >= 4 is 23.2 Å². The third kappa shape index (κ3) is 3.35. The van der Waals surface area contributed by atoms with Crippen molar-refractivity contribution in [2.24, 2.45) is 5.41 Å². The standard InChI is InChI=1S/C13H17Cl2NO/c14-11-3-1-2-10(12(11)15)8-16-9-13(4-5-13)6-7-17/h1-3,16-17H,4-9H2. The normalized spacial score (nSPS) is 17.1. The topological polar surface area (TPSA) is 32.3 Å². The van der Waals surface area contributed by atoms with Crippen molar-refractivity contribution in [2.45, 2.75) is 25.8 Å². The summed E-state index contributed by atoms with van der Waals surface area (Å²) in [6.07, 6.45) is 3.32. The van der Waals surface area contributed by atoms with Gasteiger partial charge in [0.25, 0.3) is 0 Å². The van der Waals surface area contributed by atoms with Crippen LogP contribution in [-0.2, 0) is 6.54 Å². The number of hydrogen-bond acceptors (Lipinski definition) is 2. The molecule has 1 aliphatic carbocycles. The fourth-order valence-corrected chi connectivity index (χ4v) is 2.46. The molecule has 1 aromatic carbocycles. The monoisotopic (exact) mass is 273 g/mol. The molecule has 2 N–H and O–H groups in total. The maximum absolute atomic E-state index is 8.97. The van der Waals surface area contributed by atoms with Crippen LogP contribution in [0, 0.1) is 5.41 Å². The lowest BCUT2D eigenvalue weighted by molar-refractivity contribution is 0.245. The number of nitrogens with one attached hydrogen (secondary N) is 1. The van der Waals surface area contributed by atoms with Crippen LogP contribution in [0.15, 0.2) is 18.2 Å². The first-order valence-corrected chi connectivity index (χ1v) is 6.67. The molecule has 0 unspecified atom stereocenters. The van der Waals surface area contributed by atoms with Crippen LogP contribution in [-0.4, -0.2) is 18.3 Å². The van der Waals surface area contributed by atoms with Crippen LogP contribution in [0.1, 0.15) is 24.8 Å². The smallest absolute Gasteiger partial charge is 0.0637 e. The molecule has 17 heavy (non-hydrogen) atoms. The molecule has 2 rings (SSSR count). The van der Waals surface area contributed by atoms with Gasteiger partial charge >= 0.3 is 0 Å². The highest BCUT2D eigenvalue weighted by atomic mass is 35.5. The summed E-state index contributed by atoms with van der Waals surface area (Å²) in [6, 6.07) is 5.68. The molecule has 0 aromatic heterocycles. The lowest BCUT2D eigenvalue weighted by Crippen LogP contribution is -2.24. The molecule has 1 aliphatic rings. The molecule has 1 aromatic rings. The Hall–Kier alpha value is -0.280. The number of hydrogen-bond donors (Lipinski definition) is 2. The van der Waals surface area contributed by atoms with Crippen LogP contribution in [0.3, 0.4) is 0 Å². The third-order valence-electron chi connectivity index (χ3n) is 3.45. The molecule has 0 aliphatic heterocycles. The maximum Gasteiger partial charge on any atom is 0.0637 e. The summed E-state index contributed by atoms with van der Waals surface area (Å²) in [6.45, 7) is 1.95. The number of rotatable bonds is 6. The minimum atomic E-state index is 0.277. The van der Waals surface area contributed by atoms with Crippen molar-refractivity contribution in [1.82, 2.24) is 5.32 Å². The van der Waals surface area contributed by atoms with E-state index in [0.29, 0.717) is 15.5 Å². The van der Waals surface area contributed by atoms with Crippen LogP contribution in [0.2, 0.25) is 10.0 Å². The largest absolute Gasteiger partial charge is 0.396 e. The molecule has 0 bridgehead atoms. The van der Waals surface area contributed by atoms with E-state index in [0.717, 1.165) is 25.1 Å². The van der Waals surface area contributed by atoms with Crippen molar-refractivity contribution in [3.8, 4) is 0 Å². The Bertz CT molecular complexity index is 391. The molecule has 0 saturated heterocycles. The maximum atomic E-state index is 8.97. The van der Waals surface area contributed by atoms with E-state index in [1.54, 1.807) is 6.07 Å². The van der Waals surface area contributed by atoms with E-state index in [1.807, 2.05) is 12.1 Å². The summed E-state index contributed by atoms with van der Waals surface area (Å²) < 4.78 is 0. The van der Waals surface area contributed by atoms with Gasteiger partial charge in [-0.3, -0.25) is 0 Å². The van der Waals surface area contributed by atoms with E-state index in [-0.39, 0.29) is 6.61 Å². The first-order valence-electron chi connectivity index (χ1n) is 5.91. The number of halogens is 2. The molecule has 94 valence electrons. The quantitative estimate of drug-likeness (QED) is 0.834. The van der Waals surface area contributed by atoms with Gasteiger partial charge in [-0.15, -0.1) is 0 Å². The van der Waals surface area contributed by atoms with Crippen molar-refractivity contribution in [1.29, 1.82) is 0 Å². The Kier molecular flexibility index (Phi) is 4.31. The molecule has 0 radical (unpaired) electrons. The average molecular weight is 274 g/mol. The Morgan fingerprint density at radius 1 is 1.29 bits per heavy atom. The average Bonchev–Trinajstić information content (AvgIpc) is 3.05. The van der Waals surface area contributed by atoms with Gasteiger partial charge in [-0.2, -0.15) is 0 Å². The minimum Gasteiger partial charge on any atom is -0.396 e. The van der Waals surface area contributed by atoms with Gasteiger partial charge in [0.1, 0.15) is 0 Å². The summed E-state index contributed by atoms with van der Waals surface area (Å²) in [5.74, 6) is 0. The predicted octanol–water partition coefficient (Wildman–Crippen LogP) is 3.25. The zero-order valence-electron chi connectivity index (χ0n) is 9.68. The molecular weight excluding hydrogens is 257 g/mol. The summed E-state index contributed by atoms with van der Waals surface area (Å²) >= 11 is 12.1. The Balaban J connectivity index is 1.84. The van der Waals surface area contributed by atoms with Crippen LogP contribution < -0.4 is 5.32 Å². The van der Waals surface area contributed by atoms with Crippen molar-refractivity contribution in [3.63, 3.8) is 0 Å². The molecule has 4 heteroatoms. The van der Waals surface area contributed by atoms with Gasteiger partial charge in [0.2, 0.25) is 0 Å². The third-order valence-corrected chi connectivity index (χ3v) is 4.30. The van der Waals surface area contributed by atoms with Gasteiger partial charge in [0, 0.05) is 19.7 Å². The number of benzene rings is 1. The molecule has 0 atom stereocenters. The highest BCUT2D eigenvalue weighted by molar-refractivity contribution is 6.42. The molecule has 2 nitrogen and oxygen atoms in total. The minimum absolute atomic E-state index is 0.277. The second-order valence-electron chi connectivity index (χ2n) is 4.79. The lowest BCUT2D eigenvalue weighted by Gasteiger charge is -2.15. The van der Waals surface area contributed by atoms with Gasteiger partial charge < -0.3 is 10.4 Å². The molecular formula is C13H17Cl2NO. The second kappa shape index (κ2) is 5.57. The molecule has 0 amide bonds. The highest BCUT2D eigenvalue weighted by Gasteiger charge is 2.41. The van der Waals surface area contributed by atoms with Gasteiger partial charge in [-0.25, -0.2) is 0 Å². The Morgan fingerprint density at radius 3 is 2.71 bits per heavy atom. The van der Waals surface area contributed by atoms with Crippen LogP contribution in [0.4, 0.5) is 0 Å². The van der Waals surface area contributed by atoms with E-state index in [2.05, 4.69) is 5.32 Å². The van der Waals surface area contributed by atoms with E-state index in [1.165, 1.54) is 12.8 Å². The summed E-state index contributed by atoms with van der Waals surface area (Å²) in [4.78, 5) is 0. The summed E-state index contributed by atoms with van der Waals surface area (Å²) in [5, 5.41) is 13.6. The first-order chi connectivity index (χ1) is 8.17. The summed E-state index contributed by atoms with van der Waals surface area (Å²) in [7, 11) is 0. The zero-order chi connectivity index (χ0) is 12.3. The van der Waals surface area contributed by atoms with E-state index in [9.17, 15) is 0 Å². The molecule has 1 saturated carbocycles. The fourth-order valence-electron chi connectivity index (χ4n) is 2.08. The first kappa shape index (κ1) is 13.2. The Labute approximate surface area is 112 Å². The van der Waals surface area contributed by atoms with Crippen molar-refractivity contribution in [2.75, 3.05) is 13.2 Å². The fraction of sp³-hybridized carbons (Fsp3) is 0.538. The van der Waals surface area contributed by atoms with Crippen molar-refractivity contribution in [3.05, 3.63) is 33.8 Å². The van der Waals surface area contributed by atoms with Gasteiger partial charge in [0.05, 0.1) is 10.0 Å². The molecule has 0 heterocycles. The van der Waals surface area contributed by atoms with Gasteiger partial charge in [-0.05, 0) is 36.3 Å². The van der Waals surface area contributed by atoms with E-state index in [4.69, 9.17) is 28.3 Å². The van der Waals surface area contributed by atoms with Crippen LogP contribution >= 0.6 is 23.2 Å². The molecule has 1 fully saturated rings. The number of aliphatic hydroxyl groups excluding tert-OH is 1. The van der Waals surface area contributed by atoms with E-state index >= 15 is 0 Å². The highest BCUT2D eigenvalue weighted by Crippen LogP contribution is 2.47. The lowest BCUT2D eigenvalue weighted by atomic mass is 10.0. The number of aliphatic hydroxyl groups is 1. The second-order valence-corrected chi connectivity index (χ2v) is 5.58. The van der Waals surface area contributed by atoms with Gasteiger partial charge in [-0.1, -0.05) is 35.3 Å². The predicted molar refractivity (Wildman–Crippen MR) is 71.5 cm³/mol. The van der Waals surface area contributed by atoms with Crippen molar-refractivity contribution < 1.29 is 5.11 Å².